The highest BCUT2D eigenvalue weighted by Gasteiger charge is 2.23. The molecule has 1 aliphatic rings. The Kier molecular flexibility index (Phi) is 5.62. The molecule has 6 nitrogen and oxygen atoms in total. The number of fused-ring (bicyclic) bond motifs is 1. The highest BCUT2D eigenvalue weighted by Crippen LogP contribution is 2.35. The number of carbonyl (C=O) groups is 1. The lowest BCUT2D eigenvalue weighted by molar-refractivity contribution is -0.123. The van der Waals surface area contributed by atoms with Gasteiger partial charge in [-0.05, 0) is 38.0 Å². The van der Waals surface area contributed by atoms with Crippen LogP contribution >= 0.6 is 0 Å². The Balaban J connectivity index is 1.40. The molecule has 0 spiro atoms. The molecule has 4 rings (SSSR count). The zero-order chi connectivity index (χ0) is 20.2. The molecule has 1 fully saturated rings. The van der Waals surface area contributed by atoms with E-state index in [9.17, 15) is 4.79 Å². The van der Waals surface area contributed by atoms with Crippen molar-refractivity contribution in [3.63, 3.8) is 0 Å². The minimum Gasteiger partial charge on any atom is -0.483 e. The van der Waals surface area contributed by atoms with Gasteiger partial charge < -0.3 is 14.5 Å². The van der Waals surface area contributed by atoms with Gasteiger partial charge in [0.25, 0.3) is 5.91 Å². The summed E-state index contributed by atoms with van der Waals surface area (Å²) in [7, 11) is 0. The zero-order valence-corrected chi connectivity index (χ0v) is 16.7. The number of aromatic amines is 1. The fourth-order valence-electron chi connectivity index (χ4n) is 3.83. The summed E-state index contributed by atoms with van der Waals surface area (Å²) in [6, 6.07) is 12.1. The van der Waals surface area contributed by atoms with Crippen LogP contribution in [0.1, 0.15) is 34.6 Å². The molecular weight excluding hydrogens is 366 g/mol. The third-order valence-electron chi connectivity index (χ3n) is 5.19. The Morgan fingerprint density at radius 3 is 3.07 bits per heavy atom. The fraction of sp³-hybridized carbons (Fsp3) is 0.304. The number of amides is 1. The third kappa shape index (κ3) is 4.32. The van der Waals surface area contributed by atoms with Gasteiger partial charge in [0, 0.05) is 40.8 Å². The molecule has 0 radical (unpaired) electrons. The number of aromatic nitrogens is 1. The van der Waals surface area contributed by atoms with Gasteiger partial charge in [0.15, 0.2) is 6.61 Å². The predicted octanol–water partition coefficient (Wildman–Crippen LogP) is 3.82. The van der Waals surface area contributed by atoms with Gasteiger partial charge in [0.05, 0.1) is 12.8 Å². The molecule has 150 valence electrons. The van der Waals surface area contributed by atoms with E-state index in [1.54, 1.807) is 6.21 Å². The smallest absolute Gasteiger partial charge is 0.277 e. The lowest BCUT2D eigenvalue weighted by atomic mass is 9.93. The molecule has 29 heavy (non-hydrogen) atoms. The Bertz CT molecular complexity index is 1050. The van der Waals surface area contributed by atoms with Crippen molar-refractivity contribution < 1.29 is 14.3 Å². The molecule has 1 unspecified atom stereocenters. The molecular formula is C23H25N3O3. The van der Waals surface area contributed by atoms with E-state index in [2.05, 4.69) is 34.6 Å². The molecule has 2 aromatic carbocycles. The molecule has 1 aromatic heterocycles. The van der Waals surface area contributed by atoms with E-state index in [0.29, 0.717) is 12.5 Å². The zero-order valence-electron chi connectivity index (χ0n) is 16.7. The normalized spacial score (nSPS) is 16.6. The number of rotatable bonds is 6. The molecule has 1 atom stereocenters. The van der Waals surface area contributed by atoms with Gasteiger partial charge in [0.2, 0.25) is 0 Å². The number of hydrogen-bond acceptors (Lipinski definition) is 4. The van der Waals surface area contributed by atoms with Crippen LogP contribution in [0.2, 0.25) is 0 Å². The van der Waals surface area contributed by atoms with Crippen molar-refractivity contribution in [1.82, 2.24) is 10.4 Å². The summed E-state index contributed by atoms with van der Waals surface area (Å²) in [5, 5.41) is 5.14. The second kappa shape index (κ2) is 8.49. The van der Waals surface area contributed by atoms with E-state index in [1.807, 2.05) is 37.4 Å². The Morgan fingerprint density at radius 2 is 2.24 bits per heavy atom. The minimum absolute atomic E-state index is 0.0871. The monoisotopic (exact) mass is 391 g/mol. The van der Waals surface area contributed by atoms with E-state index in [-0.39, 0.29) is 12.5 Å². The van der Waals surface area contributed by atoms with Gasteiger partial charge in [-0.3, -0.25) is 4.79 Å². The fourth-order valence-corrected chi connectivity index (χ4v) is 3.83. The summed E-state index contributed by atoms with van der Waals surface area (Å²) in [6.07, 6.45) is 4.50. The largest absolute Gasteiger partial charge is 0.483 e. The summed E-state index contributed by atoms with van der Waals surface area (Å²) in [5.41, 5.74) is 7.85. The van der Waals surface area contributed by atoms with E-state index in [4.69, 9.17) is 9.47 Å². The average molecular weight is 391 g/mol. The number of nitrogens with zero attached hydrogens (tertiary/aromatic N) is 1. The Labute approximate surface area is 169 Å². The standard InChI is InChI=1S/C23H25N3O3/c1-15-10-16(2)23(20(11-15)18-7-9-28-13-18)29-14-22(27)26-25-12-17-4-3-5-21-19(17)6-8-24-21/h3-6,8,10-12,18,24H,7,9,13-14H2,1-2H3,(H,26,27)/b25-12+. The number of benzene rings is 2. The van der Waals surface area contributed by atoms with Crippen molar-refractivity contribution in [1.29, 1.82) is 0 Å². The van der Waals surface area contributed by atoms with Crippen LogP contribution in [0, 0.1) is 13.8 Å². The van der Waals surface area contributed by atoms with Crippen molar-refractivity contribution >= 4 is 23.0 Å². The minimum atomic E-state index is -0.295. The van der Waals surface area contributed by atoms with Gasteiger partial charge in [-0.2, -0.15) is 5.10 Å². The molecule has 6 heteroatoms. The van der Waals surface area contributed by atoms with Crippen LogP contribution in [0.3, 0.4) is 0 Å². The van der Waals surface area contributed by atoms with Crippen LogP contribution in [0.4, 0.5) is 0 Å². The lowest BCUT2D eigenvalue weighted by Gasteiger charge is -2.18. The molecule has 3 aromatic rings. The van der Waals surface area contributed by atoms with Gasteiger partial charge in [-0.25, -0.2) is 5.43 Å². The van der Waals surface area contributed by atoms with Gasteiger partial charge >= 0.3 is 0 Å². The Morgan fingerprint density at radius 1 is 1.34 bits per heavy atom. The van der Waals surface area contributed by atoms with E-state index in [0.717, 1.165) is 46.4 Å². The van der Waals surface area contributed by atoms with Gasteiger partial charge in [-0.15, -0.1) is 0 Å². The van der Waals surface area contributed by atoms with Crippen molar-refractivity contribution in [2.75, 3.05) is 19.8 Å². The number of nitrogens with one attached hydrogen (secondary N) is 2. The molecule has 1 amide bonds. The van der Waals surface area contributed by atoms with Crippen molar-refractivity contribution in [3.05, 3.63) is 64.8 Å². The first-order valence-corrected chi connectivity index (χ1v) is 9.81. The maximum atomic E-state index is 12.3. The summed E-state index contributed by atoms with van der Waals surface area (Å²) in [5.74, 6) is 0.796. The first-order valence-electron chi connectivity index (χ1n) is 9.81. The summed E-state index contributed by atoms with van der Waals surface area (Å²) in [4.78, 5) is 15.4. The molecule has 0 saturated carbocycles. The SMILES string of the molecule is Cc1cc(C)c(OCC(=O)N/N=C/c2cccc3[nH]ccc23)c(C2CCOC2)c1. The number of H-pyrrole nitrogens is 1. The lowest BCUT2D eigenvalue weighted by Crippen LogP contribution is -2.25. The number of hydrazone groups is 1. The number of aryl methyl sites for hydroxylation is 2. The van der Waals surface area contributed by atoms with E-state index in [1.165, 1.54) is 5.56 Å². The van der Waals surface area contributed by atoms with Crippen LogP contribution < -0.4 is 10.2 Å². The summed E-state index contributed by atoms with van der Waals surface area (Å²) >= 11 is 0. The van der Waals surface area contributed by atoms with Gasteiger partial charge in [0.1, 0.15) is 5.75 Å². The molecule has 2 heterocycles. The van der Waals surface area contributed by atoms with Crippen LogP contribution in [0.5, 0.6) is 5.75 Å². The van der Waals surface area contributed by atoms with Gasteiger partial charge in [-0.1, -0.05) is 29.8 Å². The van der Waals surface area contributed by atoms with E-state index >= 15 is 0 Å². The summed E-state index contributed by atoms with van der Waals surface area (Å²) < 4.78 is 11.4. The maximum absolute atomic E-state index is 12.3. The molecule has 1 aliphatic heterocycles. The van der Waals surface area contributed by atoms with Crippen LogP contribution in [-0.2, 0) is 9.53 Å². The number of hydrogen-bond donors (Lipinski definition) is 2. The molecule has 0 bridgehead atoms. The first kappa shape index (κ1) is 19.2. The number of ether oxygens (including phenoxy) is 2. The number of carbonyl (C=O) groups excluding carboxylic acids is 1. The molecule has 1 saturated heterocycles. The van der Waals surface area contributed by atoms with Crippen LogP contribution in [0.25, 0.3) is 10.9 Å². The van der Waals surface area contributed by atoms with Crippen molar-refractivity contribution in [2.45, 2.75) is 26.2 Å². The Hall–Kier alpha value is -3.12. The van der Waals surface area contributed by atoms with Crippen molar-refractivity contribution in [2.24, 2.45) is 5.10 Å². The highest BCUT2D eigenvalue weighted by molar-refractivity contribution is 5.98. The molecule has 2 N–H and O–H groups in total. The van der Waals surface area contributed by atoms with Crippen LogP contribution in [-0.4, -0.2) is 36.9 Å². The van der Waals surface area contributed by atoms with Crippen LogP contribution in [0.15, 0.2) is 47.7 Å². The quantitative estimate of drug-likeness (QED) is 0.495. The first-order chi connectivity index (χ1) is 14.1. The van der Waals surface area contributed by atoms with Crippen molar-refractivity contribution in [3.8, 4) is 5.75 Å². The summed E-state index contributed by atoms with van der Waals surface area (Å²) in [6.45, 7) is 5.45. The average Bonchev–Trinajstić information content (AvgIpc) is 3.39. The maximum Gasteiger partial charge on any atom is 0.277 e. The van der Waals surface area contributed by atoms with E-state index < -0.39 is 0 Å². The third-order valence-corrected chi connectivity index (χ3v) is 5.19. The second-order valence-corrected chi connectivity index (χ2v) is 7.43. The topological polar surface area (TPSA) is 75.7 Å². The highest BCUT2D eigenvalue weighted by atomic mass is 16.5. The molecule has 0 aliphatic carbocycles. The predicted molar refractivity (Wildman–Crippen MR) is 114 cm³/mol. The second-order valence-electron chi connectivity index (χ2n) is 7.43.